The Hall–Kier alpha value is -3.39. The summed E-state index contributed by atoms with van der Waals surface area (Å²) in [5.41, 5.74) is 3.97. The number of carbonyl (C=O) groups is 3. The van der Waals surface area contributed by atoms with Crippen molar-refractivity contribution in [2.24, 2.45) is 5.92 Å². The van der Waals surface area contributed by atoms with Crippen molar-refractivity contribution in [1.82, 2.24) is 9.80 Å². The van der Waals surface area contributed by atoms with Gasteiger partial charge in [0.15, 0.2) is 0 Å². The van der Waals surface area contributed by atoms with E-state index in [1.807, 2.05) is 62.1 Å². The molecule has 1 saturated heterocycles. The van der Waals surface area contributed by atoms with Crippen LogP contribution in [0.3, 0.4) is 0 Å². The van der Waals surface area contributed by atoms with E-state index in [2.05, 4.69) is 12.1 Å². The molecular formula is C30H38N2O6. The van der Waals surface area contributed by atoms with Crippen LogP contribution >= 0.6 is 0 Å². The number of carboxylic acids is 1. The molecule has 2 aliphatic rings. The number of likely N-dealkylation sites (tertiary alicyclic amines) is 1. The van der Waals surface area contributed by atoms with E-state index in [-0.39, 0.29) is 31.0 Å². The Morgan fingerprint density at radius 2 is 1.55 bits per heavy atom. The molecule has 0 bridgehead atoms. The molecular weight excluding hydrogens is 484 g/mol. The smallest absolute Gasteiger partial charge is 0.410 e. The fraction of sp³-hybridized carbons (Fsp3) is 0.500. The van der Waals surface area contributed by atoms with Crippen LogP contribution in [0.4, 0.5) is 4.79 Å². The van der Waals surface area contributed by atoms with Gasteiger partial charge in [0.2, 0.25) is 0 Å². The van der Waals surface area contributed by atoms with Crippen molar-refractivity contribution in [1.29, 1.82) is 0 Å². The fourth-order valence-corrected chi connectivity index (χ4v) is 5.50. The summed E-state index contributed by atoms with van der Waals surface area (Å²) in [5, 5.41) is 9.92. The quantitative estimate of drug-likeness (QED) is 0.499. The summed E-state index contributed by atoms with van der Waals surface area (Å²) in [4.78, 5) is 40.5. The maximum absolute atomic E-state index is 13.0. The molecule has 0 saturated carbocycles. The minimum Gasteiger partial charge on any atom is -0.480 e. The summed E-state index contributed by atoms with van der Waals surface area (Å²) >= 11 is 0. The summed E-state index contributed by atoms with van der Waals surface area (Å²) < 4.78 is 11.1. The molecule has 2 aromatic rings. The van der Waals surface area contributed by atoms with Gasteiger partial charge < -0.3 is 14.6 Å². The minimum atomic E-state index is -1.04. The third-order valence-electron chi connectivity index (χ3n) is 7.41. The lowest BCUT2D eigenvalue weighted by molar-refractivity contribution is -0.156. The Morgan fingerprint density at radius 3 is 2.08 bits per heavy atom. The van der Waals surface area contributed by atoms with Gasteiger partial charge >= 0.3 is 18.0 Å². The number of piperidine rings is 1. The molecule has 0 spiro atoms. The highest BCUT2D eigenvalue weighted by Gasteiger charge is 2.34. The lowest BCUT2D eigenvalue weighted by atomic mass is 9.89. The van der Waals surface area contributed by atoms with Gasteiger partial charge in [0.25, 0.3) is 0 Å². The first kappa shape index (κ1) is 27.6. The van der Waals surface area contributed by atoms with E-state index in [9.17, 15) is 19.5 Å². The molecule has 8 nitrogen and oxygen atoms in total. The van der Waals surface area contributed by atoms with Crippen LogP contribution in [0.15, 0.2) is 48.5 Å². The van der Waals surface area contributed by atoms with Crippen molar-refractivity contribution in [3.8, 4) is 11.1 Å². The first-order valence-corrected chi connectivity index (χ1v) is 13.3. The van der Waals surface area contributed by atoms with E-state index in [4.69, 9.17) is 9.47 Å². The molecule has 8 heteroatoms. The van der Waals surface area contributed by atoms with E-state index in [0.29, 0.717) is 19.5 Å². The zero-order chi connectivity index (χ0) is 27.4. The van der Waals surface area contributed by atoms with Crippen molar-refractivity contribution in [3.63, 3.8) is 0 Å². The van der Waals surface area contributed by atoms with Gasteiger partial charge in [-0.05, 0) is 81.3 Å². The summed E-state index contributed by atoms with van der Waals surface area (Å²) in [6.45, 7) is 7.27. The molecule has 4 rings (SSSR count). The number of aliphatic carboxylic acids is 1. The first-order chi connectivity index (χ1) is 18.0. The number of rotatable bonds is 8. The number of hydrogen-bond acceptors (Lipinski definition) is 6. The molecule has 1 fully saturated rings. The molecule has 1 heterocycles. The van der Waals surface area contributed by atoms with Crippen LogP contribution in [0, 0.1) is 5.92 Å². The highest BCUT2D eigenvalue weighted by atomic mass is 16.6. The summed E-state index contributed by atoms with van der Waals surface area (Å²) in [5.74, 6) is -1.25. The first-order valence-electron chi connectivity index (χ1n) is 13.3. The number of fused-ring (bicyclic) bond motifs is 3. The highest BCUT2D eigenvalue weighted by Crippen LogP contribution is 2.44. The molecule has 1 N–H and O–H groups in total. The van der Waals surface area contributed by atoms with Gasteiger partial charge in [-0.2, -0.15) is 0 Å². The van der Waals surface area contributed by atoms with Gasteiger partial charge in [0, 0.05) is 13.0 Å². The average Bonchev–Trinajstić information content (AvgIpc) is 3.18. The Kier molecular flexibility index (Phi) is 8.41. The lowest BCUT2D eigenvalue weighted by Crippen LogP contribution is -2.46. The van der Waals surface area contributed by atoms with Crippen LogP contribution in [0.1, 0.15) is 57.1 Å². The average molecular weight is 523 g/mol. The molecule has 1 atom stereocenters. The standard InChI is InChI=1S/C30H38N2O6/c1-30(2,3)38-27(33)18-32-15-13-20(14-16-32)17-26(28(34)35)31(4)29(36)37-19-25-23-11-7-5-9-21(23)22-10-6-8-12-24(22)25/h5-12,20,25-26H,13-19H2,1-4H3,(H,34,35)/t26-/m0/s1. The molecule has 2 aromatic carbocycles. The van der Waals surface area contributed by atoms with E-state index in [1.54, 1.807) is 0 Å². The van der Waals surface area contributed by atoms with Crippen molar-refractivity contribution in [2.45, 2.75) is 57.6 Å². The van der Waals surface area contributed by atoms with Gasteiger partial charge in [0.05, 0.1) is 6.54 Å². The van der Waals surface area contributed by atoms with Crippen molar-refractivity contribution < 1.29 is 29.0 Å². The molecule has 0 aromatic heterocycles. The van der Waals surface area contributed by atoms with Gasteiger partial charge in [0.1, 0.15) is 18.2 Å². The third-order valence-corrected chi connectivity index (χ3v) is 7.41. The maximum Gasteiger partial charge on any atom is 0.410 e. The Bertz CT molecular complexity index is 1120. The molecule has 1 aliphatic carbocycles. The summed E-state index contributed by atoms with van der Waals surface area (Å²) in [7, 11) is 1.50. The number of carbonyl (C=O) groups excluding carboxylic acids is 2. The van der Waals surface area contributed by atoms with Crippen LogP contribution in [0.5, 0.6) is 0 Å². The normalized spacial score (nSPS) is 16.8. The van der Waals surface area contributed by atoms with Crippen molar-refractivity contribution in [2.75, 3.05) is 33.3 Å². The van der Waals surface area contributed by atoms with E-state index in [0.717, 1.165) is 35.1 Å². The number of benzene rings is 2. The number of esters is 1. The van der Waals surface area contributed by atoms with Crippen LogP contribution < -0.4 is 0 Å². The molecule has 1 aliphatic heterocycles. The molecule has 0 radical (unpaired) electrons. The predicted octanol–water partition coefficient (Wildman–Crippen LogP) is 4.76. The summed E-state index contributed by atoms with van der Waals surface area (Å²) in [6.07, 6.45) is 1.22. The Morgan fingerprint density at radius 1 is 1.00 bits per heavy atom. The monoisotopic (exact) mass is 522 g/mol. The van der Waals surface area contributed by atoms with Crippen molar-refractivity contribution >= 4 is 18.0 Å². The lowest BCUT2D eigenvalue weighted by Gasteiger charge is -2.34. The van der Waals surface area contributed by atoms with Gasteiger partial charge in [-0.3, -0.25) is 14.6 Å². The largest absolute Gasteiger partial charge is 0.480 e. The third kappa shape index (κ3) is 6.54. The number of amides is 1. The second-order valence-electron chi connectivity index (χ2n) is 11.3. The minimum absolute atomic E-state index is 0.0858. The topological polar surface area (TPSA) is 96.4 Å². The number of ether oxygens (including phenoxy) is 2. The summed E-state index contributed by atoms with van der Waals surface area (Å²) in [6, 6.07) is 15.2. The highest BCUT2D eigenvalue weighted by molar-refractivity contribution is 5.81. The van der Waals surface area contributed by atoms with Gasteiger partial charge in [-0.25, -0.2) is 9.59 Å². The maximum atomic E-state index is 13.0. The zero-order valence-electron chi connectivity index (χ0n) is 22.7. The zero-order valence-corrected chi connectivity index (χ0v) is 22.7. The molecule has 38 heavy (non-hydrogen) atoms. The predicted molar refractivity (Wildman–Crippen MR) is 144 cm³/mol. The number of hydrogen-bond donors (Lipinski definition) is 1. The molecule has 204 valence electrons. The second kappa shape index (κ2) is 11.6. The van der Waals surface area contributed by atoms with Crippen LogP contribution in [0.2, 0.25) is 0 Å². The number of nitrogens with zero attached hydrogens (tertiary/aromatic N) is 2. The van der Waals surface area contributed by atoms with E-state index >= 15 is 0 Å². The van der Waals surface area contributed by atoms with Crippen molar-refractivity contribution in [3.05, 3.63) is 59.7 Å². The SMILES string of the molecule is CN(C(=O)OCC1c2ccccc2-c2ccccc21)[C@@H](CC1CCN(CC(=O)OC(C)(C)C)CC1)C(=O)O. The Labute approximate surface area is 224 Å². The molecule has 0 unspecified atom stereocenters. The molecule has 1 amide bonds. The van der Waals surface area contributed by atoms with Crippen LogP contribution in [0.25, 0.3) is 11.1 Å². The number of carboxylic acid groups (broad SMARTS) is 1. The van der Waals surface area contributed by atoms with Gasteiger partial charge in [-0.1, -0.05) is 48.5 Å². The Balaban J connectivity index is 1.31. The van der Waals surface area contributed by atoms with Crippen LogP contribution in [-0.4, -0.2) is 77.9 Å². The van der Waals surface area contributed by atoms with Gasteiger partial charge in [-0.15, -0.1) is 0 Å². The fourth-order valence-electron chi connectivity index (χ4n) is 5.50. The second-order valence-corrected chi connectivity index (χ2v) is 11.3. The number of likely N-dealkylation sites (N-methyl/N-ethyl adjacent to an activating group) is 1. The van der Waals surface area contributed by atoms with E-state index < -0.39 is 23.7 Å². The van der Waals surface area contributed by atoms with E-state index in [1.165, 1.54) is 11.9 Å². The van der Waals surface area contributed by atoms with Crippen LogP contribution in [-0.2, 0) is 19.1 Å².